The summed E-state index contributed by atoms with van der Waals surface area (Å²) in [5.74, 6) is 1.23. The van der Waals surface area contributed by atoms with Crippen LogP contribution in [0.2, 0.25) is 0 Å². The molecule has 3 aromatic carbocycles. The fraction of sp³-hybridized carbons (Fsp3) is 0.250. The molecule has 2 nitrogen and oxygen atoms in total. The molecule has 27 heavy (non-hydrogen) atoms. The smallest absolute Gasteiger partial charge is 0.123 e. The lowest BCUT2D eigenvalue weighted by Gasteiger charge is -2.38. The Bertz CT molecular complexity index is 932. The SMILES string of the molecule is CC1C(c2ccc(O)cc2)Cc2ccc(O)cc2C1Cc1ccc(F)cc1. The molecule has 0 spiro atoms. The second-order valence-electron chi connectivity index (χ2n) is 7.58. The highest BCUT2D eigenvalue weighted by Gasteiger charge is 2.34. The fourth-order valence-electron chi connectivity index (χ4n) is 4.41. The van der Waals surface area contributed by atoms with Crippen LogP contribution in [0.5, 0.6) is 11.5 Å². The second-order valence-corrected chi connectivity index (χ2v) is 7.58. The van der Waals surface area contributed by atoms with Crippen LogP contribution in [0.25, 0.3) is 0 Å². The van der Waals surface area contributed by atoms with Crippen molar-refractivity contribution in [1.82, 2.24) is 0 Å². The van der Waals surface area contributed by atoms with Crippen molar-refractivity contribution in [2.75, 3.05) is 0 Å². The number of aromatic hydroxyl groups is 2. The standard InChI is InChI=1S/C24H23FO2/c1-15-22(17-4-9-20(26)10-5-17)13-18-6-11-21(27)14-24(18)23(15)12-16-2-7-19(25)8-3-16/h2-11,14-15,22-23,26-27H,12-13H2,1H3. The summed E-state index contributed by atoms with van der Waals surface area (Å²) in [5, 5.41) is 19.7. The Hall–Kier alpha value is -2.81. The molecule has 0 fully saturated rings. The molecule has 1 aliphatic carbocycles. The molecule has 2 N–H and O–H groups in total. The Labute approximate surface area is 158 Å². The maximum absolute atomic E-state index is 13.3. The number of phenolic OH excluding ortho intramolecular Hbond substituents is 2. The lowest BCUT2D eigenvalue weighted by molar-refractivity contribution is 0.347. The summed E-state index contributed by atoms with van der Waals surface area (Å²) in [5.41, 5.74) is 4.73. The summed E-state index contributed by atoms with van der Waals surface area (Å²) in [6.45, 7) is 2.25. The predicted octanol–water partition coefficient (Wildman–Crippen LogP) is 5.54. The largest absolute Gasteiger partial charge is 0.508 e. The van der Waals surface area contributed by atoms with Crippen LogP contribution in [0.3, 0.4) is 0 Å². The minimum atomic E-state index is -0.226. The molecule has 0 bridgehead atoms. The molecule has 0 saturated carbocycles. The number of fused-ring (bicyclic) bond motifs is 1. The molecule has 0 saturated heterocycles. The van der Waals surface area contributed by atoms with Gasteiger partial charge in [0.25, 0.3) is 0 Å². The monoisotopic (exact) mass is 362 g/mol. The minimum Gasteiger partial charge on any atom is -0.508 e. The molecule has 3 heteroatoms. The Balaban J connectivity index is 1.73. The number of halogens is 1. The minimum absolute atomic E-state index is 0.226. The average molecular weight is 362 g/mol. The van der Waals surface area contributed by atoms with Gasteiger partial charge >= 0.3 is 0 Å². The van der Waals surface area contributed by atoms with E-state index in [1.54, 1.807) is 18.2 Å². The second kappa shape index (κ2) is 7.07. The molecule has 0 heterocycles. The summed E-state index contributed by atoms with van der Waals surface area (Å²) in [6.07, 6.45) is 1.70. The maximum atomic E-state index is 13.3. The number of hydrogen-bond donors (Lipinski definition) is 2. The van der Waals surface area contributed by atoms with Gasteiger partial charge in [0.15, 0.2) is 0 Å². The van der Waals surface area contributed by atoms with E-state index in [9.17, 15) is 14.6 Å². The Kier molecular flexibility index (Phi) is 4.61. The highest BCUT2D eigenvalue weighted by molar-refractivity contribution is 5.43. The molecule has 1 aliphatic rings. The first-order valence-corrected chi connectivity index (χ1v) is 9.36. The molecular weight excluding hydrogens is 339 g/mol. The van der Waals surface area contributed by atoms with Crippen molar-refractivity contribution < 1.29 is 14.6 Å². The van der Waals surface area contributed by atoms with Crippen LogP contribution >= 0.6 is 0 Å². The summed E-state index contributed by atoms with van der Waals surface area (Å²) < 4.78 is 13.3. The van der Waals surface area contributed by atoms with E-state index in [-0.39, 0.29) is 23.2 Å². The third kappa shape index (κ3) is 3.55. The fourth-order valence-corrected chi connectivity index (χ4v) is 4.41. The molecule has 3 unspecified atom stereocenters. The van der Waals surface area contributed by atoms with Crippen molar-refractivity contribution >= 4 is 0 Å². The zero-order valence-corrected chi connectivity index (χ0v) is 15.3. The van der Waals surface area contributed by atoms with Crippen molar-refractivity contribution in [2.45, 2.75) is 31.6 Å². The Morgan fingerprint density at radius 1 is 0.889 bits per heavy atom. The van der Waals surface area contributed by atoms with Crippen LogP contribution < -0.4 is 0 Å². The molecule has 3 aromatic rings. The third-order valence-corrected chi connectivity index (χ3v) is 5.93. The van der Waals surface area contributed by atoms with Gasteiger partial charge in [-0.25, -0.2) is 4.39 Å². The van der Waals surface area contributed by atoms with E-state index >= 15 is 0 Å². The lowest BCUT2D eigenvalue weighted by Crippen LogP contribution is -2.27. The Morgan fingerprint density at radius 3 is 2.26 bits per heavy atom. The number of benzene rings is 3. The summed E-state index contributed by atoms with van der Waals surface area (Å²) in [6, 6.07) is 19.8. The number of hydrogen-bond acceptors (Lipinski definition) is 2. The van der Waals surface area contributed by atoms with Crippen molar-refractivity contribution in [3.63, 3.8) is 0 Å². The van der Waals surface area contributed by atoms with Gasteiger partial charge in [-0.2, -0.15) is 0 Å². The van der Waals surface area contributed by atoms with Crippen molar-refractivity contribution in [3.05, 3.63) is 94.8 Å². The van der Waals surface area contributed by atoms with Gasteiger partial charge in [0.05, 0.1) is 0 Å². The molecule has 0 aliphatic heterocycles. The summed E-state index contributed by atoms with van der Waals surface area (Å²) in [4.78, 5) is 0. The van der Waals surface area contributed by atoms with Crippen molar-refractivity contribution in [2.24, 2.45) is 5.92 Å². The summed E-state index contributed by atoms with van der Waals surface area (Å²) >= 11 is 0. The van der Waals surface area contributed by atoms with E-state index < -0.39 is 0 Å². The van der Waals surface area contributed by atoms with Gasteiger partial charge in [-0.15, -0.1) is 0 Å². The topological polar surface area (TPSA) is 40.5 Å². The highest BCUT2D eigenvalue weighted by atomic mass is 19.1. The predicted molar refractivity (Wildman–Crippen MR) is 105 cm³/mol. The van der Waals surface area contributed by atoms with Gasteiger partial charge in [-0.1, -0.05) is 37.3 Å². The first-order valence-electron chi connectivity index (χ1n) is 9.36. The van der Waals surface area contributed by atoms with Crippen LogP contribution in [0.15, 0.2) is 66.7 Å². The normalized spacial score (nSPS) is 21.6. The molecule has 138 valence electrons. The molecule has 4 rings (SSSR count). The average Bonchev–Trinajstić information content (AvgIpc) is 2.66. The van der Waals surface area contributed by atoms with Crippen LogP contribution in [-0.4, -0.2) is 10.2 Å². The van der Waals surface area contributed by atoms with Gasteiger partial charge in [-0.3, -0.25) is 0 Å². The van der Waals surface area contributed by atoms with E-state index in [0.29, 0.717) is 11.8 Å². The summed E-state index contributed by atoms with van der Waals surface area (Å²) in [7, 11) is 0. The zero-order chi connectivity index (χ0) is 19.0. The van der Waals surface area contributed by atoms with Crippen LogP contribution in [0.4, 0.5) is 4.39 Å². The van der Waals surface area contributed by atoms with Crippen molar-refractivity contribution in [1.29, 1.82) is 0 Å². The quantitative estimate of drug-likeness (QED) is 0.642. The maximum Gasteiger partial charge on any atom is 0.123 e. The molecule has 3 atom stereocenters. The van der Waals surface area contributed by atoms with E-state index in [1.807, 2.05) is 36.4 Å². The van der Waals surface area contributed by atoms with E-state index in [2.05, 4.69) is 6.92 Å². The van der Waals surface area contributed by atoms with Gasteiger partial charge in [0.2, 0.25) is 0 Å². The van der Waals surface area contributed by atoms with Gasteiger partial charge in [0.1, 0.15) is 17.3 Å². The lowest BCUT2D eigenvalue weighted by atomic mass is 9.66. The first kappa shape index (κ1) is 17.6. The van der Waals surface area contributed by atoms with Crippen molar-refractivity contribution in [3.8, 4) is 11.5 Å². The highest BCUT2D eigenvalue weighted by Crippen LogP contribution is 2.46. The van der Waals surface area contributed by atoms with Gasteiger partial charge in [-0.05, 0) is 89.2 Å². The number of rotatable bonds is 3. The molecule has 0 radical (unpaired) electrons. The molecular formula is C24H23FO2. The molecule has 0 amide bonds. The zero-order valence-electron chi connectivity index (χ0n) is 15.3. The van der Waals surface area contributed by atoms with Crippen LogP contribution in [0, 0.1) is 11.7 Å². The van der Waals surface area contributed by atoms with E-state index in [4.69, 9.17) is 0 Å². The van der Waals surface area contributed by atoms with E-state index in [1.165, 1.54) is 28.8 Å². The van der Waals surface area contributed by atoms with Crippen LogP contribution in [-0.2, 0) is 12.8 Å². The number of phenols is 2. The first-order chi connectivity index (χ1) is 13.0. The van der Waals surface area contributed by atoms with Gasteiger partial charge in [0, 0.05) is 0 Å². The Morgan fingerprint density at radius 2 is 1.56 bits per heavy atom. The molecule has 0 aromatic heterocycles. The van der Waals surface area contributed by atoms with Crippen LogP contribution in [0.1, 0.15) is 41.0 Å². The van der Waals surface area contributed by atoms with E-state index in [0.717, 1.165) is 18.4 Å². The third-order valence-electron chi connectivity index (χ3n) is 5.93. The van der Waals surface area contributed by atoms with Gasteiger partial charge < -0.3 is 10.2 Å².